The molecule has 3 N–H and O–H groups in total. The minimum absolute atomic E-state index is 0.0150. The first-order valence-electron chi connectivity index (χ1n) is 12.8. The number of rotatable bonds is 11. The number of anilines is 3. The van der Waals surface area contributed by atoms with Crippen LogP contribution in [0.1, 0.15) is 32.3 Å². The standard InChI is InChI=1S/C27H30F3N5O6/c1-26(2,22(37)38)41-21-9-7-20(8-10-21)39-15-16-40-25-33-23(31-18-5-3-17(4-6-18)27(28,29)30)32-24(34-25)35-13-11-19(36)12-14-35/h3-10,19,36H,11-16H2,1-2H3,(H,37,38)(H,31,32,33,34). The molecule has 0 aliphatic carbocycles. The van der Waals surface area contributed by atoms with Gasteiger partial charge in [-0.2, -0.15) is 28.1 Å². The first-order chi connectivity index (χ1) is 19.4. The summed E-state index contributed by atoms with van der Waals surface area (Å²) in [5, 5.41) is 21.9. The highest BCUT2D eigenvalue weighted by Gasteiger charge is 2.30. The van der Waals surface area contributed by atoms with Gasteiger partial charge in [0.2, 0.25) is 11.9 Å². The van der Waals surface area contributed by atoms with Gasteiger partial charge in [0, 0.05) is 18.8 Å². The molecule has 2 heterocycles. The van der Waals surface area contributed by atoms with E-state index in [1.54, 1.807) is 24.3 Å². The van der Waals surface area contributed by atoms with E-state index < -0.39 is 29.4 Å². The number of nitrogens with one attached hydrogen (secondary N) is 1. The van der Waals surface area contributed by atoms with Crippen LogP contribution in [0.5, 0.6) is 17.5 Å². The first kappa shape index (κ1) is 29.6. The molecular formula is C27H30F3N5O6. The Morgan fingerprint density at radius 3 is 2.17 bits per heavy atom. The lowest BCUT2D eigenvalue weighted by Crippen LogP contribution is -2.37. The smallest absolute Gasteiger partial charge is 0.416 e. The number of aliphatic hydroxyl groups excluding tert-OH is 1. The Bertz CT molecular complexity index is 1310. The van der Waals surface area contributed by atoms with Crippen molar-refractivity contribution < 1.29 is 42.4 Å². The van der Waals surface area contributed by atoms with Gasteiger partial charge in [-0.3, -0.25) is 0 Å². The third-order valence-corrected chi connectivity index (χ3v) is 6.11. The third kappa shape index (κ3) is 8.33. The van der Waals surface area contributed by atoms with Crippen molar-refractivity contribution in [2.24, 2.45) is 0 Å². The monoisotopic (exact) mass is 577 g/mol. The minimum Gasteiger partial charge on any atom is -0.490 e. The van der Waals surface area contributed by atoms with Crippen LogP contribution >= 0.6 is 0 Å². The van der Waals surface area contributed by atoms with Gasteiger partial charge in [0.15, 0.2) is 5.60 Å². The summed E-state index contributed by atoms with van der Waals surface area (Å²) in [6, 6.07) is 10.9. The van der Waals surface area contributed by atoms with Gasteiger partial charge in [0.25, 0.3) is 0 Å². The van der Waals surface area contributed by atoms with Crippen LogP contribution in [0, 0.1) is 0 Å². The van der Waals surface area contributed by atoms with E-state index >= 15 is 0 Å². The molecule has 0 spiro atoms. The van der Waals surface area contributed by atoms with Crippen LogP contribution in [0.25, 0.3) is 0 Å². The number of alkyl halides is 3. The van der Waals surface area contributed by atoms with Crippen LogP contribution in [0.2, 0.25) is 0 Å². The SMILES string of the molecule is CC(C)(Oc1ccc(OCCOc2nc(Nc3ccc(C(F)(F)F)cc3)nc(N3CCC(O)CC3)n2)cc1)C(=O)O. The van der Waals surface area contributed by atoms with E-state index in [0.29, 0.717) is 49.1 Å². The molecule has 11 nitrogen and oxygen atoms in total. The van der Waals surface area contributed by atoms with Crippen molar-refractivity contribution >= 4 is 23.6 Å². The maximum atomic E-state index is 12.9. The molecule has 14 heteroatoms. The molecule has 1 saturated heterocycles. The molecule has 1 fully saturated rings. The number of aromatic nitrogens is 3. The predicted molar refractivity (Wildman–Crippen MR) is 142 cm³/mol. The highest BCUT2D eigenvalue weighted by molar-refractivity contribution is 5.76. The normalized spacial score (nSPS) is 14.4. The lowest BCUT2D eigenvalue weighted by atomic mass is 10.1. The Hall–Kier alpha value is -4.33. The Kier molecular flexibility index (Phi) is 9.01. The Morgan fingerprint density at radius 1 is 0.951 bits per heavy atom. The molecular weight excluding hydrogens is 547 g/mol. The van der Waals surface area contributed by atoms with Crippen molar-refractivity contribution in [1.82, 2.24) is 15.0 Å². The average Bonchev–Trinajstić information content (AvgIpc) is 2.92. The zero-order valence-corrected chi connectivity index (χ0v) is 22.4. The second-order valence-electron chi connectivity index (χ2n) is 9.75. The zero-order chi connectivity index (χ0) is 29.6. The summed E-state index contributed by atoms with van der Waals surface area (Å²) in [5.41, 5.74) is -1.81. The molecule has 0 saturated carbocycles. The summed E-state index contributed by atoms with van der Waals surface area (Å²) in [6.45, 7) is 4.10. The van der Waals surface area contributed by atoms with Crippen LogP contribution in [0.3, 0.4) is 0 Å². The highest BCUT2D eigenvalue weighted by Crippen LogP contribution is 2.30. The van der Waals surface area contributed by atoms with Crippen LogP contribution in [-0.2, 0) is 11.0 Å². The average molecular weight is 578 g/mol. The van der Waals surface area contributed by atoms with Crippen molar-refractivity contribution in [2.45, 2.75) is 44.6 Å². The van der Waals surface area contributed by atoms with Crippen molar-refractivity contribution in [2.75, 3.05) is 36.5 Å². The first-order valence-corrected chi connectivity index (χ1v) is 12.8. The molecule has 1 aliphatic heterocycles. The number of benzene rings is 2. The Balaban J connectivity index is 1.39. The van der Waals surface area contributed by atoms with Crippen LogP contribution in [0.15, 0.2) is 48.5 Å². The molecule has 0 bridgehead atoms. The molecule has 2 aromatic carbocycles. The summed E-state index contributed by atoms with van der Waals surface area (Å²) in [5.74, 6) is 0.166. The number of carboxylic acid groups (broad SMARTS) is 1. The fourth-order valence-corrected chi connectivity index (χ4v) is 3.78. The van der Waals surface area contributed by atoms with E-state index in [1.807, 2.05) is 4.90 Å². The lowest BCUT2D eigenvalue weighted by Gasteiger charge is -2.29. The van der Waals surface area contributed by atoms with Gasteiger partial charge in [-0.15, -0.1) is 0 Å². The number of carboxylic acids is 1. The summed E-state index contributed by atoms with van der Waals surface area (Å²) < 4.78 is 55.6. The predicted octanol–water partition coefficient (Wildman–Crippen LogP) is 4.29. The number of ether oxygens (including phenoxy) is 3. The van der Waals surface area contributed by atoms with E-state index in [9.17, 15) is 28.2 Å². The quantitative estimate of drug-likeness (QED) is 0.281. The molecule has 3 aromatic rings. The number of aliphatic hydroxyl groups is 1. The zero-order valence-electron chi connectivity index (χ0n) is 22.4. The fourth-order valence-electron chi connectivity index (χ4n) is 3.78. The van der Waals surface area contributed by atoms with Crippen LogP contribution < -0.4 is 24.4 Å². The molecule has 0 unspecified atom stereocenters. The molecule has 0 amide bonds. The fraction of sp³-hybridized carbons (Fsp3) is 0.407. The summed E-state index contributed by atoms with van der Waals surface area (Å²) in [7, 11) is 0. The van der Waals surface area contributed by atoms with Crippen molar-refractivity contribution in [3.05, 3.63) is 54.1 Å². The van der Waals surface area contributed by atoms with Gasteiger partial charge in [0.05, 0.1) is 11.7 Å². The van der Waals surface area contributed by atoms with Gasteiger partial charge in [-0.05, 0) is 75.2 Å². The number of halogens is 3. The van der Waals surface area contributed by atoms with Crippen molar-refractivity contribution in [1.29, 1.82) is 0 Å². The Labute approximate surface area is 233 Å². The number of hydrogen-bond acceptors (Lipinski definition) is 10. The number of carbonyl (C=O) groups is 1. The van der Waals surface area contributed by atoms with Crippen molar-refractivity contribution in [3.63, 3.8) is 0 Å². The second kappa shape index (κ2) is 12.5. The van der Waals surface area contributed by atoms with E-state index in [4.69, 9.17) is 14.2 Å². The van der Waals surface area contributed by atoms with E-state index in [0.717, 1.165) is 12.1 Å². The van der Waals surface area contributed by atoms with E-state index in [-0.39, 0.29) is 25.2 Å². The summed E-state index contributed by atoms with van der Waals surface area (Å²) in [6.07, 6.45) is -3.78. The second-order valence-corrected chi connectivity index (χ2v) is 9.75. The maximum Gasteiger partial charge on any atom is 0.416 e. The molecule has 220 valence electrons. The molecule has 0 atom stereocenters. The van der Waals surface area contributed by atoms with Gasteiger partial charge < -0.3 is 34.6 Å². The summed E-state index contributed by atoms with van der Waals surface area (Å²) >= 11 is 0. The molecule has 4 rings (SSSR count). The maximum absolute atomic E-state index is 12.9. The van der Waals surface area contributed by atoms with Gasteiger partial charge in [-0.1, -0.05) is 0 Å². The lowest BCUT2D eigenvalue weighted by molar-refractivity contribution is -0.152. The third-order valence-electron chi connectivity index (χ3n) is 6.11. The molecule has 0 radical (unpaired) electrons. The minimum atomic E-state index is -4.45. The van der Waals surface area contributed by atoms with Gasteiger partial charge >= 0.3 is 18.2 Å². The number of hydrogen-bond donors (Lipinski definition) is 3. The highest BCUT2D eigenvalue weighted by atomic mass is 19.4. The van der Waals surface area contributed by atoms with Crippen LogP contribution in [0.4, 0.5) is 30.8 Å². The number of aliphatic carboxylic acids is 1. The molecule has 1 aliphatic rings. The Morgan fingerprint density at radius 2 is 1.56 bits per heavy atom. The topological polar surface area (TPSA) is 139 Å². The largest absolute Gasteiger partial charge is 0.490 e. The van der Waals surface area contributed by atoms with Gasteiger partial charge in [0.1, 0.15) is 24.7 Å². The van der Waals surface area contributed by atoms with Crippen molar-refractivity contribution in [3.8, 4) is 17.5 Å². The summed E-state index contributed by atoms with van der Waals surface area (Å²) in [4.78, 5) is 26.1. The molecule has 41 heavy (non-hydrogen) atoms. The van der Waals surface area contributed by atoms with Crippen LogP contribution in [-0.4, -0.2) is 69.1 Å². The number of nitrogens with zero attached hydrogens (tertiary/aromatic N) is 4. The van der Waals surface area contributed by atoms with E-state index in [2.05, 4.69) is 20.3 Å². The number of piperidine rings is 1. The van der Waals surface area contributed by atoms with Gasteiger partial charge in [-0.25, -0.2) is 4.79 Å². The molecule has 1 aromatic heterocycles. The van der Waals surface area contributed by atoms with E-state index in [1.165, 1.54) is 26.0 Å².